The smallest absolute Gasteiger partial charge is 0.316 e. The summed E-state index contributed by atoms with van der Waals surface area (Å²) in [5.41, 5.74) is 0. The van der Waals surface area contributed by atoms with Crippen LogP contribution >= 0.6 is 0 Å². The van der Waals surface area contributed by atoms with Gasteiger partial charge in [0, 0.05) is 12.6 Å². The standard InChI is InChI=1S/C9H19F3N2/c1-3-14-8(2)4-6-13-7-5-9(10,11)12/h8,13-14H,3-7H2,1-2H3. The van der Waals surface area contributed by atoms with Gasteiger partial charge in [0.25, 0.3) is 0 Å². The molecular formula is C9H19F3N2. The van der Waals surface area contributed by atoms with Crippen LogP contribution in [-0.2, 0) is 0 Å². The molecule has 0 aliphatic heterocycles. The summed E-state index contributed by atoms with van der Waals surface area (Å²) < 4.78 is 35.1. The second-order valence-corrected chi connectivity index (χ2v) is 3.36. The van der Waals surface area contributed by atoms with Crippen LogP contribution in [0, 0.1) is 0 Å². The molecule has 0 aromatic carbocycles. The summed E-state index contributed by atoms with van der Waals surface area (Å²) in [6, 6.07) is 0.360. The van der Waals surface area contributed by atoms with Gasteiger partial charge in [-0.1, -0.05) is 6.92 Å². The summed E-state index contributed by atoms with van der Waals surface area (Å²) >= 11 is 0. The molecule has 0 rings (SSSR count). The first kappa shape index (κ1) is 13.7. The van der Waals surface area contributed by atoms with Gasteiger partial charge in [-0.25, -0.2) is 0 Å². The molecule has 0 saturated heterocycles. The van der Waals surface area contributed by atoms with E-state index in [2.05, 4.69) is 10.6 Å². The molecule has 2 nitrogen and oxygen atoms in total. The lowest BCUT2D eigenvalue weighted by atomic mass is 10.2. The van der Waals surface area contributed by atoms with E-state index < -0.39 is 12.6 Å². The summed E-state index contributed by atoms with van der Waals surface area (Å²) in [7, 11) is 0. The molecule has 86 valence electrons. The molecule has 0 aromatic heterocycles. The summed E-state index contributed by atoms with van der Waals surface area (Å²) in [6.07, 6.45) is -3.94. The Balaban J connectivity index is 3.21. The molecule has 0 fully saturated rings. The highest BCUT2D eigenvalue weighted by molar-refractivity contribution is 4.62. The number of hydrogen-bond donors (Lipinski definition) is 2. The van der Waals surface area contributed by atoms with Crippen LogP contribution in [0.3, 0.4) is 0 Å². The van der Waals surface area contributed by atoms with Crippen LogP contribution in [0.5, 0.6) is 0 Å². The molecule has 14 heavy (non-hydrogen) atoms. The first-order valence-corrected chi connectivity index (χ1v) is 4.96. The van der Waals surface area contributed by atoms with Gasteiger partial charge in [-0.3, -0.25) is 0 Å². The Hall–Kier alpha value is -0.290. The highest BCUT2D eigenvalue weighted by Gasteiger charge is 2.25. The summed E-state index contributed by atoms with van der Waals surface area (Å²) in [6.45, 7) is 5.57. The quantitative estimate of drug-likeness (QED) is 0.630. The molecule has 0 spiro atoms. The molecule has 1 atom stereocenters. The van der Waals surface area contributed by atoms with E-state index in [0.717, 1.165) is 13.0 Å². The maximum atomic E-state index is 11.7. The van der Waals surface area contributed by atoms with Crippen LogP contribution in [-0.4, -0.2) is 31.9 Å². The van der Waals surface area contributed by atoms with Crippen molar-refractivity contribution in [3.8, 4) is 0 Å². The Kier molecular flexibility index (Phi) is 6.92. The molecule has 2 N–H and O–H groups in total. The molecule has 0 heterocycles. The van der Waals surface area contributed by atoms with Crippen LogP contribution in [0.2, 0.25) is 0 Å². The minimum Gasteiger partial charge on any atom is -0.316 e. The second kappa shape index (κ2) is 7.06. The fourth-order valence-corrected chi connectivity index (χ4v) is 1.12. The van der Waals surface area contributed by atoms with Gasteiger partial charge in [-0.2, -0.15) is 13.2 Å². The number of hydrogen-bond acceptors (Lipinski definition) is 2. The molecule has 1 unspecified atom stereocenters. The van der Waals surface area contributed by atoms with Crippen LogP contribution < -0.4 is 10.6 Å². The van der Waals surface area contributed by atoms with E-state index in [9.17, 15) is 13.2 Å². The van der Waals surface area contributed by atoms with E-state index in [-0.39, 0.29) is 6.54 Å². The van der Waals surface area contributed by atoms with Crippen molar-refractivity contribution in [2.45, 2.75) is 38.9 Å². The summed E-state index contributed by atoms with van der Waals surface area (Å²) in [4.78, 5) is 0. The van der Waals surface area contributed by atoms with Crippen LogP contribution in [0.4, 0.5) is 13.2 Å². The van der Waals surface area contributed by atoms with Gasteiger partial charge in [0.2, 0.25) is 0 Å². The fraction of sp³-hybridized carbons (Fsp3) is 1.00. The maximum Gasteiger partial charge on any atom is 0.390 e. The largest absolute Gasteiger partial charge is 0.390 e. The Morgan fingerprint density at radius 3 is 2.36 bits per heavy atom. The van der Waals surface area contributed by atoms with E-state index in [1.165, 1.54) is 0 Å². The van der Waals surface area contributed by atoms with Gasteiger partial charge in [0.1, 0.15) is 0 Å². The molecule has 0 aliphatic rings. The first-order valence-electron chi connectivity index (χ1n) is 4.96. The maximum absolute atomic E-state index is 11.7. The van der Waals surface area contributed by atoms with Crippen molar-refractivity contribution in [3.63, 3.8) is 0 Å². The Labute approximate surface area is 83.3 Å². The molecule has 0 aromatic rings. The number of alkyl halides is 3. The SMILES string of the molecule is CCNC(C)CCNCCC(F)(F)F. The highest BCUT2D eigenvalue weighted by atomic mass is 19.4. The third-order valence-electron chi connectivity index (χ3n) is 1.89. The van der Waals surface area contributed by atoms with Crippen molar-refractivity contribution in [3.05, 3.63) is 0 Å². The van der Waals surface area contributed by atoms with Crippen LogP contribution in [0.1, 0.15) is 26.7 Å². The Morgan fingerprint density at radius 2 is 1.86 bits per heavy atom. The van der Waals surface area contributed by atoms with Gasteiger partial charge >= 0.3 is 6.18 Å². The predicted octanol–water partition coefficient (Wildman–Crippen LogP) is 1.92. The van der Waals surface area contributed by atoms with E-state index in [0.29, 0.717) is 12.6 Å². The summed E-state index contributed by atoms with van der Waals surface area (Å²) in [5, 5.41) is 5.96. The Morgan fingerprint density at radius 1 is 1.21 bits per heavy atom. The summed E-state index contributed by atoms with van der Waals surface area (Å²) in [5.74, 6) is 0. The topological polar surface area (TPSA) is 24.1 Å². The average molecular weight is 212 g/mol. The molecule has 0 bridgehead atoms. The normalized spacial score (nSPS) is 14.4. The van der Waals surface area contributed by atoms with E-state index in [1.807, 2.05) is 13.8 Å². The van der Waals surface area contributed by atoms with Gasteiger partial charge in [-0.15, -0.1) is 0 Å². The van der Waals surface area contributed by atoms with Gasteiger partial charge < -0.3 is 10.6 Å². The molecule has 0 amide bonds. The molecule has 0 radical (unpaired) electrons. The zero-order valence-corrected chi connectivity index (χ0v) is 8.75. The Bertz CT molecular complexity index is 137. The van der Waals surface area contributed by atoms with Gasteiger partial charge in [0.15, 0.2) is 0 Å². The second-order valence-electron chi connectivity index (χ2n) is 3.36. The van der Waals surface area contributed by atoms with Crippen LogP contribution in [0.15, 0.2) is 0 Å². The van der Waals surface area contributed by atoms with Crippen molar-refractivity contribution in [2.24, 2.45) is 0 Å². The minimum absolute atomic E-state index is 0.0162. The van der Waals surface area contributed by atoms with Gasteiger partial charge in [0.05, 0.1) is 6.42 Å². The lowest BCUT2D eigenvalue weighted by Crippen LogP contribution is -2.31. The molecule has 0 saturated carbocycles. The zero-order chi connectivity index (χ0) is 11.0. The lowest BCUT2D eigenvalue weighted by Gasteiger charge is -2.12. The van der Waals surface area contributed by atoms with E-state index in [1.54, 1.807) is 0 Å². The van der Waals surface area contributed by atoms with Crippen molar-refractivity contribution < 1.29 is 13.2 Å². The van der Waals surface area contributed by atoms with Crippen molar-refractivity contribution in [1.82, 2.24) is 10.6 Å². The van der Waals surface area contributed by atoms with E-state index >= 15 is 0 Å². The third-order valence-corrected chi connectivity index (χ3v) is 1.89. The fourth-order valence-electron chi connectivity index (χ4n) is 1.12. The van der Waals surface area contributed by atoms with Crippen molar-refractivity contribution >= 4 is 0 Å². The number of rotatable bonds is 7. The number of nitrogens with one attached hydrogen (secondary N) is 2. The van der Waals surface area contributed by atoms with Crippen molar-refractivity contribution in [1.29, 1.82) is 0 Å². The molecule has 5 heteroatoms. The van der Waals surface area contributed by atoms with Crippen molar-refractivity contribution in [2.75, 3.05) is 19.6 Å². The van der Waals surface area contributed by atoms with Crippen LogP contribution in [0.25, 0.3) is 0 Å². The monoisotopic (exact) mass is 212 g/mol. The molecule has 0 aliphatic carbocycles. The van der Waals surface area contributed by atoms with E-state index in [4.69, 9.17) is 0 Å². The molecular weight excluding hydrogens is 193 g/mol. The predicted molar refractivity (Wildman–Crippen MR) is 51.3 cm³/mol. The van der Waals surface area contributed by atoms with Gasteiger partial charge in [-0.05, 0) is 26.4 Å². The highest BCUT2D eigenvalue weighted by Crippen LogP contribution is 2.17. The zero-order valence-electron chi connectivity index (χ0n) is 8.75. The first-order chi connectivity index (χ1) is 6.45. The average Bonchev–Trinajstić information content (AvgIpc) is 2.02. The number of halogens is 3. The lowest BCUT2D eigenvalue weighted by molar-refractivity contribution is -0.133. The third kappa shape index (κ3) is 9.80. The minimum atomic E-state index is -4.04.